The summed E-state index contributed by atoms with van der Waals surface area (Å²) in [7, 11) is 2.56. The number of likely N-dealkylation sites (tertiary alicyclic amines) is 2. The number of ether oxygens (including phenoxy) is 2. The number of nitrogens with zero attached hydrogens (tertiary/aromatic N) is 4. The molecule has 2 aromatic heterocycles. The third-order valence-corrected chi connectivity index (χ3v) is 9.85. The second-order valence-electron chi connectivity index (χ2n) is 13.9. The molecule has 4 amide bonds. The second kappa shape index (κ2) is 15.3. The highest BCUT2D eigenvalue weighted by atomic mass is 16.5. The largest absolute Gasteiger partial charge is 0.453 e. The lowest BCUT2D eigenvalue weighted by molar-refractivity contribution is -0.133. The zero-order valence-corrected chi connectivity index (χ0v) is 30.3. The number of benzene rings is 2. The Labute approximate surface area is 302 Å². The highest BCUT2D eigenvalue weighted by Crippen LogP contribution is 2.34. The molecule has 2 fully saturated rings. The molecular formula is C38H46N8O6. The molecule has 6 rings (SSSR count). The number of hydrogen-bond acceptors (Lipinski definition) is 8. The van der Waals surface area contributed by atoms with Crippen molar-refractivity contribution in [1.82, 2.24) is 40.4 Å². The van der Waals surface area contributed by atoms with E-state index in [2.05, 4.69) is 64.3 Å². The summed E-state index contributed by atoms with van der Waals surface area (Å²) in [5.41, 5.74) is 5.73. The maximum atomic E-state index is 13.2. The molecule has 4 heterocycles. The Hall–Kier alpha value is -5.66. The van der Waals surface area contributed by atoms with Gasteiger partial charge in [0.05, 0.1) is 50.1 Å². The average Bonchev–Trinajstić information content (AvgIpc) is 3.96. The number of carbonyl (C=O) groups is 4. The van der Waals surface area contributed by atoms with E-state index in [9.17, 15) is 19.2 Å². The van der Waals surface area contributed by atoms with Crippen LogP contribution in [0.3, 0.4) is 0 Å². The molecule has 0 bridgehead atoms. The van der Waals surface area contributed by atoms with Gasteiger partial charge in [-0.1, -0.05) is 76.2 Å². The van der Waals surface area contributed by atoms with Crippen LogP contribution in [0.25, 0.3) is 33.6 Å². The second-order valence-corrected chi connectivity index (χ2v) is 13.9. The van der Waals surface area contributed by atoms with Crippen molar-refractivity contribution in [3.8, 4) is 33.6 Å². The number of H-pyrrole nitrogens is 2. The van der Waals surface area contributed by atoms with E-state index in [-0.39, 0.29) is 35.7 Å². The SMILES string of the molecule is COC(=O)NC1CCN(C(c2ncc(-c3ccc(-c4ccc(-c5cnc(C(C(C)C)N6CCC(NC(=O)OC)C6=O)[nH]5)cc4)cc3)[nH]2)C(C)C)C1=O. The van der Waals surface area contributed by atoms with Gasteiger partial charge < -0.3 is 39.9 Å². The van der Waals surface area contributed by atoms with Crippen molar-refractivity contribution < 1.29 is 28.7 Å². The summed E-state index contributed by atoms with van der Waals surface area (Å²) in [6.45, 7) is 9.22. The Bertz CT molecular complexity index is 1760. The van der Waals surface area contributed by atoms with Gasteiger partial charge in [0.25, 0.3) is 0 Å². The van der Waals surface area contributed by atoms with Gasteiger partial charge in [0, 0.05) is 13.1 Å². The van der Waals surface area contributed by atoms with Gasteiger partial charge in [0.2, 0.25) is 11.8 Å². The molecule has 2 aliphatic rings. The first-order chi connectivity index (χ1) is 25.0. The molecule has 52 heavy (non-hydrogen) atoms. The minimum Gasteiger partial charge on any atom is -0.453 e. The molecule has 0 aliphatic carbocycles. The van der Waals surface area contributed by atoms with Crippen LogP contribution in [0.15, 0.2) is 60.9 Å². The van der Waals surface area contributed by atoms with E-state index < -0.39 is 24.3 Å². The number of aromatic nitrogens is 4. The lowest BCUT2D eigenvalue weighted by atomic mass is 10.0. The molecule has 274 valence electrons. The number of amides is 4. The Morgan fingerprint density at radius 2 is 1.00 bits per heavy atom. The Balaban J connectivity index is 1.12. The van der Waals surface area contributed by atoms with E-state index in [0.29, 0.717) is 37.6 Å². The molecule has 4 atom stereocenters. The molecular weight excluding hydrogens is 664 g/mol. The van der Waals surface area contributed by atoms with Crippen molar-refractivity contribution in [1.29, 1.82) is 0 Å². The summed E-state index contributed by atoms with van der Waals surface area (Å²) in [6, 6.07) is 14.7. The van der Waals surface area contributed by atoms with Crippen LogP contribution in [0.2, 0.25) is 0 Å². The molecule has 14 heteroatoms. The topological polar surface area (TPSA) is 175 Å². The van der Waals surface area contributed by atoms with Gasteiger partial charge in [0.1, 0.15) is 23.7 Å². The number of nitrogens with one attached hydrogen (secondary N) is 4. The van der Waals surface area contributed by atoms with E-state index >= 15 is 0 Å². The highest BCUT2D eigenvalue weighted by molar-refractivity contribution is 5.88. The number of imidazole rings is 2. The quantitative estimate of drug-likeness (QED) is 0.159. The third-order valence-electron chi connectivity index (χ3n) is 9.85. The van der Waals surface area contributed by atoms with Gasteiger partial charge in [-0.05, 0) is 46.9 Å². The summed E-state index contributed by atoms with van der Waals surface area (Å²) >= 11 is 0. The van der Waals surface area contributed by atoms with Crippen LogP contribution in [0.4, 0.5) is 9.59 Å². The standard InChI is InChI=1S/C38H46N8O6/c1-21(2)31(45-17-15-27(35(45)47)43-37(49)51-5)33-39-19-29(41-33)25-11-7-23(8-12-25)24-9-13-26(14-10-24)30-20-40-34(42-30)32(22(3)4)46-18-16-28(36(46)48)44-38(50)52-6/h7-14,19-22,27-28,31-32H,15-18H2,1-6H3,(H,39,41)(H,40,42)(H,43,49)(H,44,50). The summed E-state index contributed by atoms with van der Waals surface area (Å²) in [5.74, 6) is 1.29. The number of alkyl carbamates (subject to hydrolysis) is 2. The first-order valence-corrected chi connectivity index (χ1v) is 17.6. The van der Waals surface area contributed by atoms with Crippen LogP contribution in [0.1, 0.15) is 64.3 Å². The maximum Gasteiger partial charge on any atom is 0.407 e. The van der Waals surface area contributed by atoms with E-state index in [1.165, 1.54) is 14.2 Å². The molecule has 0 radical (unpaired) electrons. The number of hydrogen-bond donors (Lipinski definition) is 4. The Kier molecular flexibility index (Phi) is 10.6. The van der Waals surface area contributed by atoms with Gasteiger partial charge in [0.15, 0.2) is 0 Å². The van der Waals surface area contributed by atoms with Crippen molar-refractivity contribution >= 4 is 24.0 Å². The first-order valence-electron chi connectivity index (χ1n) is 17.6. The molecule has 0 spiro atoms. The Morgan fingerprint density at radius 1 is 0.654 bits per heavy atom. The molecule has 2 aliphatic heterocycles. The number of aromatic amines is 2. The summed E-state index contributed by atoms with van der Waals surface area (Å²) in [4.78, 5) is 69.5. The van der Waals surface area contributed by atoms with E-state index in [1.807, 2.05) is 52.0 Å². The van der Waals surface area contributed by atoms with Crippen molar-refractivity contribution in [2.75, 3.05) is 27.3 Å². The lowest BCUT2D eigenvalue weighted by Gasteiger charge is -2.29. The van der Waals surface area contributed by atoms with Gasteiger partial charge in [-0.3, -0.25) is 9.59 Å². The smallest absolute Gasteiger partial charge is 0.407 e. The van der Waals surface area contributed by atoms with Crippen molar-refractivity contribution in [3.63, 3.8) is 0 Å². The number of methoxy groups -OCH3 is 2. The average molecular weight is 711 g/mol. The van der Waals surface area contributed by atoms with E-state index in [0.717, 1.165) is 33.6 Å². The molecule has 0 saturated carbocycles. The fourth-order valence-electron chi connectivity index (χ4n) is 7.22. The highest BCUT2D eigenvalue weighted by Gasteiger charge is 2.41. The molecule has 4 unspecified atom stereocenters. The van der Waals surface area contributed by atoms with E-state index in [4.69, 9.17) is 0 Å². The predicted octanol–water partition coefficient (Wildman–Crippen LogP) is 5.44. The number of rotatable bonds is 11. The minimum absolute atomic E-state index is 0.0917. The van der Waals surface area contributed by atoms with Gasteiger partial charge in [-0.2, -0.15) is 0 Å². The molecule has 14 nitrogen and oxygen atoms in total. The predicted molar refractivity (Wildman–Crippen MR) is 194 cm³/mol. The van der Waals surface area contributed by atoms with Crippen LogP contribution in [0, 0.1) is 11.8 Å². The van der Waals surface area contributed by atoms with Crippen LogP contribution in [-0.4, -0.2) is 93.1 Å². The van der Waals surface area contributed by atoms with Crippen LogP contribution in [0.5, 0.6) is 0 Å². The van der Waals surface area contributed by atoms with Crippen LogP contribution < -0.4 is 10.6 Å². The summed E-state index contributed by atoms with van der Waals surface area (Å²) < 4.78 is 9.36. The Morgan fingerprint density at radius 3 is 1.33 bits per heavy atom. The fraction of sp³-hybridized carbons (Fsp3) is 0.421. The van der Waals surface area contributed by atoms with Gasteiger partial charge in [-0.25, -0.2) is 19.6 Å². The molecule has 2 saturated heterocycles. The summed E-state index contributed by atoms with van der Waals surface area (Å²) in [6.07, 6.45) is 3.36. The summed E-state index contributed by atoms with van der Waals surface area (Å²) in [5, 5.41) is 5.26. The lowest BCUT2D eigenvalue weighted by Crippen LogP contribution is -2.43. The monoisotopic (exact) mass is 710 g/mol. The van der Waals surface area contributed by atoms with Crippen molar-refractivity contribution in [2.24, 2.45) is 11.8 Å². The maximum absolute atomic E-state index is 13.2. The number of carbonyl (C=O) groups excluding carboxylic acids is 4. The zero-order chi connectivity index (χ0) is 37.1. The zero-order valence-electron chi connectivity index (χ0n) is 30.3. The molecule has 4 N–H and O–H groups in total. The van der Waals surface area contributed by atoms with Crippen molar-refractivity contribution in [3.05, 3.63) is 72.6 Å². The molecule has 2 aromatic carbocycles. The first kappa shape index (κ1) is 36.1. The van der Waals surface area contributed by atoms with Crippen LogP contribution in [-0.2, 0) is 19.1 Å². The van der Waals surface area contributed by atoms with Gasteiger partial charge >= 0.3 is 12.2 Å². The molecule has 4 aromatic rings. The van der Waals surface area contributed by atoms with Gasteiger partial charge in [-0.15, -0.1) is 0 Å². The van der Waals surface area contributed by atoms with E-state index in [1.54, 1.807) is 22.2 Å². The van der Waals surface area contributed by atoms with Crippen LogP contribution >= 0.6 is 0 Å². The fourth-order valence-corrected chi connectivity index (χ4v) is 7.22. The third kappa shape index (κ3) is 7.37. The minimum atomic E-state index is -0.618. The normalized spacial score (nSPS) is 18.6. The van der Waals surface area contributed by atoms with Crippen molar-refractivity contribution in [2.45, 2.75) is 64.7 Å².